The minimum Gasteiger partial charge on any atom is -0.377 e. The molecule has 1 unspecified atom stereocenters. The predicted octanol–water partition coefficient (Wildman–Crippen LogP) is 5.21. The van der Waals surface area contributed by atoms with Crippen molar-refractivity contribution in [2.45, 2.75) is 66.8 Å². The van der Waals surface area contributed by atoms with Gasteiger partial charge < -0.3 is 20.5 Å². The van der Waals surface area contributed by atoms with Gasteiger partial charge in [-0.15, -0.1) is 6.42 Å². The van der Waals surface area contributed by atoms with Crippen LogP contribution >= 0.6 is 22.6 Å². The van der Waals surface area contributed by atoms with E-state index >= 15 is 0 Å². The highest BCUT2D eigenvalue weighted by atomic mass is 127. The topological polar surface area (TPSA) is 90.7 Å². The lowest BCUT2D eigenvalue weighted by atomic mass is 10.0. The van der Waals surface area contributed by atoms with Crippen LogP contribution < -0.4 is 11.1 Å². The number of hydrogen-bond acceptors (Lipinski definition) is 5. The molecule has 2 aromatic rings. The van der Waals surface area contributed by atoms with Crippen LogP contribution in [0, 0.1) is 27.8 Å². The van der Waals surface area contributed by atoms with E-state index in [1.165, 1.54) is 16.2 Å². The molecule has 0 aliphatic carbocycles. The molecular weight excluding hydrogens is 579 g/mol. The lowest BCUT2D eigenvalue weighted by molar-refractivity contribution is -0.132. The number of nitrogens with one attached hydrogen (secondary N) is 1. The molecule has 3 N–H and O–H groups in total. The molecule has 0 aliphatic heterocycles. The van der Waals surface area contributed by atoms with E-state index in [1.807, 2.05) is 32.9 Å². The SMILES string of the molecule is C.C.C#CC#Cc1ccc(C(=O)NC(C(=O)COC)[C@@H](C)OC(C)(C)C)cc1.NCc1cccc(I)c1. The summed E-state index contributed by atoms with van der Waals surface area (Å²) < 4.78 is 12.0. The van der Waals surface area contributed by atoms with Gasteiger partial charge in [-0.1, -0.05) is 32.9 Å². The van der Waals surface area contributed by atoms with E-state index in [4.69, 9.17) is 21.6 Å². The Morgan fingerprint density at radius 3 is 2.22 bits per heavy atom. The van der Waals surface area contributed by atoms with Crippen LogP contribution in [0.5, 0.6) is 0 Å². The Kier molecular flexibility index (Phi) is 18.3. The normalized spacial score (nSPS) is 11.4. The number of carbonyl (C=O) groups excluding carboxylic acids is 2. The van der Waals surface area contributed by atoms with Gasteiger partial charge in [0, 0.05) is 28.4 Å². The molecule has 7 heteroatoms. The number of ketones is 1. The average molecular weight is 621 g/mol. The van der Waals surface area contributed by atoms with Crippen molar-refractivity contribution in [1.82, 2.24) is 5.32 Å². The number of ether oxygens (including phenoxy) is 2. The fraction of sp³-hybridized carbons (Fsp3) is 0.400. The molecule has 0 heterocycles. The first-order chi connectivity index (χ1) is 16.5. The van der Waals surface area contributed by atoms with Crippen LogP contribution in [0.15, 0.2) is 48.5 Å². The fourth-order valence-electron chi connectivity index (χ4n) is 3.02. The maximum absolute atomic E-state index is 12.5. The van der Waals surface area contributed by atoms with Crippen LogP contribution in [-0.4, -0.2) is 43.2 Å². The van der Waals surface area contributed by atoms with Crippen LogP contribution in [0.1, 0.15) is 64.0 Å². The second-order valence-electron chi connectivity index (χ2n) is 8.59. The molecule has 0 radical (unpaired) electrons. The first kappa shape index (κ1) is 36.5. The van der Waals surface area contributed by atoms with Gasteiger partial charge in [-0.2, -0.15) is 0 Å². The smallest absolute Gasteiger partial charge is 0.251 e. The zero-order valence-corrected chi connectivity index (χ0v) is 23.0. The minimum absolute atomic E-state index is 0. The highest BCUT2D eigenvalue weighted by Crippen LogP contribution is 2.14. The number of rotatable bonds is 8. The maximum atomic E-state index is 12.5. The Hall–Kier alpha value is -2.69. The standard InChI is InChI=1S/C21H25NO4.C7H8IN.2CH4/c1-7-8-9-16-10-12-17(13-11-16)20(24)22-19(18(23)14-25-6)15(2)26-21(3,4)5;8-7-3-1-2-6(4-7)5-9;;/h1,10-13,15,19H,14H2,2-6H3,(H,22,24);1-4H,5,9H2;2*1H4/t15-,19?;;;/m1.../s1. The van der Waals surface area contributed by atoms with E-state index in [-0.39, 0.29) is 33.2 Å². The Morgan fingerprint density at radius 1 is 1.14 bits per heavy atom. The summed E-state index contributed by atoms with van der Waals surface area (Å²) in [6.45, 7) is 7.94. The summed E-state index contributed by atoms with van der Waals surface area (Å²) in [5.41, 5.74) is 7.28. The van der Waals surface area contributed by atoms with Crippen molar-refractivity contribution < 1.29 is 19.1 Å². The van der Waals surface area contributed by atoms with Crippen LogP contribution in [0.4, 0.5) is 0 Å². The summed E-state index contributed by atoms with van der Waals surface area (Å²) in [7, 11) is 1.43. The van der Waals surface area contributed by atoms with Crippen molar-refractivity contribution in [2.75, 3.05) is 13.7 Å². The van der Waals surface area contributed by atoms with Gasteiger partial charge in [-0.05, 0) is 104 Å². The molecule has 2 aromatic carbocycles. The molecule has 0 aliphatic rings. The van der Waals surface area contributed by atoms with Crippen LogP contribution in [0.3, 0.4) is 0 Å². The molecule has 6 nitrogen and oxygen atoms in total. The molecule has 0 fully saturated rings. The number of hydrogen-bond donors (Lipinski definition) is 2. The number of nitrogens with two attached hydrogens (primary N) is 1. The van der Waals surface area contributed by atoms with Crippen molar-refractivity contribution in [3.05, 3.63) is 68.8 Å². The summed E-state index contributed by atoms with van der Waals surface area (Å²) in [5, 5.41) is 2.74. The molecule has 202 valence electrons. The molecule has 0 bridgehead atoms. The number of terminal acetylenes is 1. The molecule has 37 heavy (non-hydrogen) atoms. The van der Waals surface area contributed by atoms with Crippen molar-refractivity contribution in [1.29, 1.82) is 0 Å². The number of methoxy groups -OCH3 is 1. The zero-order valence-electron chi connectivity index (χ0n) is 20.9. The number of benzene rings is 2. The molecule has 0 saturated carbocycles. The van der Waals surface area contributed by atoms with E-state index in [2.05, 4.69) is 57.8 Å². The molecular formula is C30H41IN2O4. The molecule has 2 atom stereocenters. The second kappa shape index (κ2) is 18.5. The van der Waals surface area contributed by atoms with Gasteiger partial charge in [-0.25, -0.2) is 0 Å². The van der Waals surface area contributed by atoms with E-state index in [0.717, 1.165) is 0 Å². The van der Waals surface area contributed by atoms with Crippen molar-refractivity contribution >= 4 is 34.3 Å². The third-order valence-corrected chi connectivity index (χ3v) is 5.15. The van der Waals surface area contributed by atoms with Gasteiger partial charge in [0.2, 0.25) is 0 Å². The summed E-state index contributed by atoms with van der Waals surface area (Å²) >= 11 is 2.27. The Morgan fingerprint density at radius 2 is 1.76 bits per heavy atom. The highest BCUT2D eigenvalue weighted by molar-refractivity contribution is 14.1. The first-order valence-electron chi connectivity index (χ1n) is 11.0. The summed E-state index contributed by atoms with van der Waals surface area (Å²) in [6, 6.07) is 14.0. The fourth-order valence-corrected chi connectivity index (χ4v) is 3.63. The predicted molar refractivity (Wildman–Crippen MR) is 161 cm³/mol. The largest absolute Gasteiger partial charge is 0.377 e. The lowest BCUT2D eigenvalue weighted by Gasteiger charge is -2.30. The molecule has 0 saturated heterocycles. The van der Waals surface area contributed by atoms with Gasteiger partial charge in [0.1, 0.15) is 12.6 Å². The Bertz CT molecular complexity index is 1070. The molecule has 1 amide bonds. The highest BCUT2D eigenvalue weighted by Gasteiger charge is 2.30. The molecule has 0 aromatic heterocycles. The Labute approximate surface area is 237 Å². The van der Waals surface area contributed by atoms with E-state index in [1.54, 1.807) is 31.2 Å². The number of halogens is 1. The van der Waals surface area contributed by atoms with Crippen molar-refractivity contribution in [3.63, 3.8) is 0 Å². The van der Waals surface area contributed by atoms with Gasteiger partial charge in [0.25, 0.3) is 5.91 Å². The van der Waals surface area contributed by atoms with Crippen LogP contribution in [0.25, 0.3) is 0 Å². The van der Waals surface area contributed by atoms with Gasteiger partial charge in [0.15, 0.2) is 5.78 Å². The third kappa shape index (κ3) is 14.6. The third-order valence-electron chi connectivity index (χ3n) is 4.48. The zero-order chi connectivity index (χ0) is 26.4. The average Bonchev–Trinajstić information content (AvgIpc) is 2.80. The van der Waals surface area contributed by atoms with Gasteiger partial charge in [0.05, 0.1) is 11.7 Å². The first-order valence-corrected chi connectivity index (χ1v) is 12.1. The summed E-state index contributed by atoms with van der Waals surface area (Å²) in [4.78, 5) is 24.9. The summed E-state index contributed by atoms with van der Waals surface area (Å²) in [5.74, 6) is 6.89. The second-order valence-corrected chi connectivity index (χ2v) is 9.84. The molecule has 2 rings (SSSR count). The van der Waals surface area contributed by atoms with E-state index < -0.39 is 17.7 Å². The maximum Gasteiger partial charge on any atom is 0.251 e. The summed E-state index contributed by atoms with van der Waals surface area (Å²) in [6.07, 6.45) is 4.58. The number of Topliss-reactive ketones (excluding diaryl/α,β-unsaturated/α-hetero) is 1. The van der Waals surface area contributed by atoms with Crippen molar-refractivity contribution in [2.24, 2.45) is 5.73 Å². The van der Waals surface area contributed by atoms with Crippen LogP contribution in [0.2, 0.25) is 0 Å². The van der Waals surface area contributed by atoms with E-state index in [9.17, 15) is 9.59 Å². The van der Waals surface area contributed by atoms with Gasteiger partial charge in [-0.3, -0.25) is 9.59 Å². The Balaban J connectivity index is 0. The minimum atomic E-state index is -0.817. The van der Waals surface area contributed by atoms with E-state index in [0.29, 0.717) is 17.7 Å². The van der Waals surface area contributed by atoms with Crippen molar-refractivity contribution in [3.8, 4) is 24.2 Å². The number of amides is 1. The monoisotopic (exact) mass is 620 g/mol. The number of carbonyl (C=O) groups is 2. The molecule has 0 spiro atoms. The lowest BCUT2D eigenvalue weighted by Crippen LogP contribution is -2.51. The quantitative estimate of drug-likeness (QED) is 0.313. The van der Waals surface area contributed by atoms with Gasteiger partial charge >= 0.3 is 0 Å². The van der Waals surface area contributed by atoms with Crippen LogP contribution in [-0.2, 0) is 20.8 Å².